The Balaban J connectivity index is 2.38. The lowest BCUT2D eigenvalue weighted by molar-refractivity contribution is -0.140. The highest BCUT2D eigenvalue weighted by Crippen LogP contribution is 2.38. The molecule has 0 radical (unpaired) electrons. The molecule has 0 spiro atoms. The van der Waals surface area contributed by atoms with Gasteiger partial charge in [0, 0.05) is 25.0 Å². The number of rotatable bonds is 7. The maximum Gasteiger partial charge on any atom is 0.303 e. The van der Waals surface area contributed by atoms with E-state index in [9.17, 15) is 9.59 Å². The molecule has 5 nitrogen and oxygen atoms in total. The fourth-order valence-corrected chi connectivity index (χ4v) is 2.96. The van der Waals surface area contributed by atoms with E-state index in [1.54, 1.807) is 0 Å². The number of carbonyl (C=O) groups is 2. The molecule has 122 valence electrons. The van der Waals surface area contributed by atoms with Gasteiger partial charge < -0.3 is 15.7 Å². The highest BCUT2D eigenvalue weighted by Gasteiger charge is 2.34. The summed E-state index contributed by atoms with van der Waals surface area (Å²) >= 11 is 0. The van der Waals surface area contributed by atoms with Crippen LogP contribution in [0.1, 0.15) is 65.7 Å². The molecule has 0 aromatic carbocycles. The molecular formula is C16H30N2O3. The highest BCUT2D eigenvalue weighted by molar-refractivity contribution is 5.76. The summed E-state index contributed by atoms with van der Waals surface area (Å²) in [4.78, 5) is 23.0. The van der Waals surface area contributed by atoms with E-state index in [2.05, 4.69) is 31.4 Å². The predicted molar refractivity (Wildman–Crippen MR) is 83.2 cm³/mol. The summed E-state index contributed by atoms with van der Waals surface area (Å²) in [6, 6.07) is 0. The SMILES string of the molecule is CC(C)(C)NCCC(=O)NCC1(CC(=O)O)CCCCC1. The number of amides is 1. The van der Waals surface area contributed by atoms with Crippen LogP contribution in [0.15, 0.2) is 0 Å². The summed E-state index contributed by atoms with van der Waals surface area (Å²) in [6.45, 7) is 7.33. The summed E-state index contributed by atoms with van der Waals surface area (Å²) in [5.74, 6) is -0.761. The minimum atomic E-state index is -0.763. The predicted octanol–water partition coefficient (Wildman–Crippen LogP) is 2.31. The van der Waals surface area contributed by atoms with Crippen LogP contribution < -0.4 is 10.6 Å². The molecule has 0 aromatic rings. The lowest BCUT2D eigenvalue weighted by Gasteiger charge is -2.36. The molecule has 0 heterocycles. The zero-order valence-electron chi connectivity index (χ0n) is 13.6. The Hall–Kier alpha value is -1.10. The summed E-state index contributed by atoms with van der Waals surface area (Å²) in [7, 11) is 0. The first-order chi connectivity index (χ1) is 9.72. The molecule has 0 aliphatic heterocycles. The van der Waals surface area contributed by atoms with Gasteiger partial charge in [-0.15, -0.1) is 0 Å². The lowest BCUT2D eigenvalue weighted by Crippen LogP contribution is -2.42. The molecule has 0 bridgehead atoms. The average Bonchev–Trinajstić information content (AvgIpc) is 2.35. The molecule has 0 unspecified atom stereocenters. The standard InChI is InChI=1S/C16H30N2O3/c1-15(2,3)18-10-7-13(19)17-12-16(11-14(20)21)8-5-4-6-9-16/h18H,4-12H2,1-3H3,(H,17,19)(H,20,21). The Morgan fingerprint density at radius 2 is 1.76 bits per heavy atom. The van der Waals surface area contributed by atoms with Crippen LogP contribution in [0.5, 0.6) is 0 Å². The van der Waals surface area contributed by atoms with E-state index in [0.29, 0.717) is 19.5 Å². The molecule has 0 saturated heterocycles. The third-order valence-corrected chi connectivity index (χ3v) is 4.11. The van der Waals surface area contributed by atoms with Crippen molar-refractivity contribution in [3.8, 4) is 0 Å². The normalized spacial score (nSPS) is 18.2. The van der Waals surface area contributed by atoms with Gasteiger partial charge in [0.2, 0.25) is 5.91 Å². The second-order valence-electron chi connectivity index (χ2n) is 7.33. The first-order valence-electron chi connectivity index (χ1n) is 7.96. The van der Waals surface area contributed by atoms with Gasteiger partial charge in [0.1, 0.15) is 0 Å². The van der Waals surface area contributed by atoms with Crippen LogP contribution in [0.3, 0.4) is 0 Å². The Morgan fingerprint density at radius 3 is 2.29 bits per heavy atom. The number of hydrogen-bond acceptors (Lipinski definition) is 3. The number of aliphatic carboxylic acids is 1. The second kappa shape index (κ2) is 7.78. The largest absolute Gasteiger partial charge is 0.481 e. The number of carboxylic acid groups (broad SMARTS) is 1. The molecule has 1 amide bonds. The van der Waals surface area contributed by atoms with Crippen LogP contribution in [0.2, 0.25) is 0 Å². The molecular weight excluding hydrogens is 268 g/mol. The topological polar surface area (TPSA) is 78.4 Å². The van der Waals surface area contributed by atoms with Crippen molar-refractivity contribution in [2.45, 2.75) is 71.3 Å². The molecule has 1 rings (SSSR count). The van der Waals surface area contributed by atoms with Crippen LogP contribution in [0.4, 0.5) is 0 Å². The smallest absolute Gasteiger partial charge is 0.303 e. The van der Waals surface area contributed by atoms with Gasteiger partial charge in [-0.1, -0.05) is 19.3 Å². The van der Waals surface area contributed by atoms with Crippen LogP contribution in [-0.2, 0) is 9.59 Å². The van der Waals surface area contributed by atoms with Gasteiger partial charge in [-0.3, -0.25) is 9.59 Å². The van der Waals surface area contributed by atoms with Crippen molar-refractivity contribution in [2.24, 2.45) is 5.41 Å². The van der Waals surface area contributed by atoms with E-state index in [4.69, 9.17) is 5.11 Å². The first-order valence-corrected chi connectivity index (χ1v) is 7.96. The van der Waals surface area contributed by atoms with Gasteiger partial charge in [-0.25, -0.2) is 0 Å². The number of hydrogen-bond donors (Lipinski definition) is 3. The molecule has 1 aliphatic carbocycles. The fourth-order valence-electron chi connectivity index (χ4n) is 2.96. The van der Waals surface area contributed by atoms with Gasteiger partial charge in [0.15, 0.2) is 0 Å². The average molecular weight is 298 g/mol. The zero-order valence-corrected chi connectivity index (χ0v) is 13.6. The molecule has 0 aromatic heterocycles. The van der Waals surface area contributed by atoms with Crippen molar-refractivity contribution < 1.29 is 14.7 Å². The molecule has 1 saturated carbocycles. The van der Waals surface area contributed by atoms with Gasteiger partial charge in [0.25, 0.3) is 0 Å². The second-order valence-corrected chi connectivity index (χ2v) is 7.33. The number of carboxylic acids is 1. The third kappa shape index (κ3) is 7.46. The van der Waals surface area contributed by atoms with Crippen molar-refractivity contribution >= 4 is 11.9 Å². The van der Waals surface area contributed by atoms with E-state index in [1.807, 2.05) is 0 Å². The highest BCUT2D eigenvalue weighted by atomic mass is 16.4. The van der Waals surface area contributed by atoms with E-state index >= 15 is 0 Å². The van der Waals surface area contributed by atoms with Crippen molar-refractivity contribution in [1.29, 1.82) is 0 Å². The van der Waals surface area contributed by atoms with Gasteiger partial charge in [-0.2, -0.15) is 0 Å². The van der Waals surface area contributed by atoms with E-state index in [-0.39, 0.29) is 23.3 Å². The molecule has 21 heavy (non-hydrogen) atoms. The zero-order chi connectivity index (χ0) is 15.9. The van der Waals surface area contributed by atoms with E-state index in [1.165, 1.54) is 6.42 Å². The molecule has 5 heteroatoms. The molecule has 0 atom stereocenters. The van der Waals surface area contributed by atoms with Crippen molar-refractivity contribution in [3.63, 3.8) is 0 Å². The monoisotopic (exact) mass is 298 g/mol. The lowest BCUT2D eigenvalue weighted by atomic mass is 9.71. The van der Waals surface area contributed by atoms with Gasteiger partial charge >= 0.3 is 5.97 Å². The minimum Gasteiger partial charge on any atom is -0.481 e. The van der Waals surface area contributed by atoms with E-state index < -0.39 is 5.97 Å². The minimum absolute atomic E-state index is 0.00193. The molecule has 1 fully saturated rings. The Morgan fingerprint density at radius 1 is 1.14 bits per heavy atom. The van der Waals surface area contributed by atoms with Gasteiger partial charge in [-0.05, 0) is 39.0 Å². The van der Waals surface area contributed by atoms with Crippen LogP contribution in [0.25, 0.3) is 0 Å². The Labute approximate surface area is 127 Å². The van der Waals surface area contributed by atoms with Gasteiger partial charge in [0.05, 0.1) is 6.42 Å². The maximum absolute atomic E-state index is 11.9. The Kier molecular flexibility index (Phi) is 6.65. The third-order valence-electron chi connectivity index (χ3n) is 4.11. The summed E-state index contributed by atoms with van der Waals surface area (Å²) in [6.07, 6.45) is 5.70. The van der Waals surface area contributed by atoms with Crippen molar-refractivity contribution in [1.82, 2.24) is 10.6 Å². The first kappa shape index (κ1) is 18.0. The quantitative estimate of drug-likeness (QED) is 0.674. The number of carbonyl (C=O) groups excluding carboxylic acids is 1. The van der Waals surface area contributed by atoms with Crippen LogP contribution >= 0.6 is 0 Å². The summed E-state index contributed by atoms with van der Waals surface area (Å²) in [5, 5.41) is 15.3. The molecule has 3 N–H and O–H groups in total. The van der Waals surface area contributed by atoms with Crippen LogP contribution in [-0.4, -0.2) is 35.6 Å². The fraction of sp³-hybridized carbons (Fsp3) is 0.875. The van der Waals surface area contributed by atoms with E-state index in [0.717, 1.165) is 25.7 Å². The number of nitrogens with one attached hydrogen (secondary N) is 2. The van der Waals surface area contributed by atoms with Crippen molar-refractivity contribution in [3.05, 3.63) is 0 Å². The Bertz CT molecular complexity index is 355. The summed E-state index contributed by atoms with van der Waals surface area (Å²) in [5.41, 5.74) is -0.231. The molecule has 1 aliphatic rings. The van der Waals surface area contributed by atoms with Crippen LogP contribution in [0, 0.1) is 5.41 Å². The maximum atomic E-state index is 11.9. The summed E-state index contributed by atoms with van der Waals surface area (Å²) < 4.78 is 0. The van der Waals surface area contributed by atoms with Crippen molar-refractivity contribution in [2.75, 3.05) is 13.1 Å².